The molecule has 0 saturated carbocycles. The van der Waals surface area contributed by atoms with E-state index in [9.17, 15) is 4.79 Å². The Balaban J connectivity index is 1.65. The Hall–Kier alpha value is -2.17. The molecule has 3 aromatic rings. The highest BCUT2D eigenvalue weighted by Crippen LogP contribution is 2.23. The molecule has 5 heteroatoms. The van der Waals surface area contributed by atoms with Crippen molar-refractivity contribution >= 4 is 28.9 Å². The normalized spacial score (nSPS) is 10.4. The van der Waals surface area contributed by atoms with Crippen molar-refractivity contribution < 1.29 is 9.53 Å². The molecular formula is C17H12ClNO2S. The summed E-state index contributed by atoms with van der Waals surface area (Å²) in [6, 6.07) is 16.6. The molecule has 0 unspecified atom stereocenters. The first-order valence-corrected chi connectivity index (χ1v) is 7.90. The Morgan fingerprint density at radius 2 is 1.95 bits per heavy atom. The molecule has 0 aliphatic carbocycles. The van der Waals surface area contributed by atoms with E-state index in [0.29, 0.717) is 10.6 Å². The molecule has 0 atom stereocenters. The molecule has 110 valence electrons. The monoisotopic (exact) mass is 329 g/mol. The Morgan fingerprint density at radius 1 is 1.14 bits per heavy atom. The van der Waals surface area contributed by atoms with Crippen LogP contribution in [0.5, 0.6) is 0 Å². The summed E-state index contributed by atoms with van der Waals surface area (Å²) in [6.45, 7) is 0.148. The first-order chi connectivity index (χ1) is 10.7. The van der Waals surface area contributed by atoms with Gasteiger partial charge < -0.3 is 4.74 Å². The number of nitrogens with zero attached hydrogens (tertiary/aromatic N) is 1. The van der Waals surface area contributed by atoms with Crippen molar-refractivity contribution in [1.82, 2.24) is 4.98 Å². The maximum atomic E-state index is 11.9. The number of esters is 1. The molecule has 2 aromatic carbocycles. The maximum absolute atomic E-state index is 11.9. The number of rotatable bonds is 4. The molecule has 1 heterocycles. The number of thiazole rings is 1. The molecule has 3 rings (SSSR count). The third-order valence-corrected chi connectivity index (χ3v) is 4.16. The van der Waals surface area contributed by atoms with Gasteiger partial charge in [-0.2, -0.15) is 0 Å². The predicted octanol–water partition coefficient (Wildman–Crippen LogP) is 4.82. The molecule has 0 radical (unpaired) electrons. The van der Waals surface area contributed by atoms with E-state index in [1.165, 1.54) is 11.3 Å². The van der Waals surface area contributed by atoms with E-state index in [0.717, 1.165) is 16.3 Å². The van der Waals surface area contributed by atoms with E-state index >= 15 is 0 Å². The van der Waals surface area contributed by atoms with Gasteiger partial charge in [-0.1, -0.05) is 48.0 Å². The quantitative estimate of drug-likeness (QED) is 0.644. The van der Waals surface area contributed by atoms with Gasteiger partial charge in [0.25, 0.3) is 0 Å². The van der Waals surface area contributed by atoms with Crippen LogP contribution >= 0.6 is 22.9 Å². The van der Waals surface area contributed by atoms with E-state index in [1.54, 1.807) is 24.3 Å². The second-order valence-corrected chi connectivity index (χ2v) is 5.89. The van der Waals surface area contributed by atoms with Crippen LogP contribution in [0.1, 0.15) is 16.1 Å². The zero-order valence-corrected chi connectivity index (χ0v) is 13.1. The van der Waals surface area contributed by atoms with Crippen LogP contribution in [0.25, 0.3) is 10.6 Å². The van der Waals surface area contributed by atoms with Crippen LogP contribution in [0.3, 0.4) is 0 Å². The van der Waals surface area contributed by atoms with Crippen LogP contribution in [-0.2, 0) is 11.3 Å². The Bertz CT molecular complexity index is 786. The third-order valence-electron chi connectivity index (χ3n) is 2.98. The second-order valence-electron chi connectivity index (χ2n) is 4.60. The molecule has 0 aliphatic heterocycles. The van der Waals surface area contributed by atoms with Crippen molar-refractivity contribution in [2.24, 2.45) is 0 Å². The SMILES string of the molecule is O=C(OCc1csc(-c2ccccc2)n1)c1cccc(Cl)c1. The predicted molar refractivity (Wildman–Crippen MR) is 88.1 cm³/mol. The summed E-state index contributed by atoms with van der Waals surface area (Å²) in [5.41, 5.74) is 2.23. The summed E-state index contributed by atoms with van der Waals surface area (Å²) in [4.78, 5) is 16.4. The Labute approximate surface area is 137 Å². The van der Waals surface area contributed by atoms with Crippen LogP contribution in [0.4, 0.5) is 0 Å². The van der Waals surface area contributed by atoms with Crippen molar-refractivity contribution in [3.8, 4) is 10.6 Å². The lowest BCUT2D eigenvalue weighted by Gasteiger charge is -2.03. The minimum absolute atomic E-state index is 0.148. The second kappa shape index (κ2) is 6.73. The number of benzene rings is 2. The van der Waals surface area contributed by atoms with Crippen LogP contribution in [0, 0.1) is 0 Å². The van der Waals surface area contributed by atoms with Gasteiger partial charge in [-0.3, -0.25) is 0 Å². The standard InChI is InChI=1S/C17H12ClNO2S/c18-14-8-4-7-13(9-14)17(20)21-10-15-11-22-16(19-15)12-5-2-1-3-6-12/h1-9,11H,10H2. The smallest absolute Gasteiger partial charge is 0.338 e. The topological polar surface area (TPSA) is 39.2 Å². The fourth-order valence-corrected chi connectivity index (χ4v) is 2.93. The molecule has 0 amide bonds. The molecule has 0 spiro atoms. The largest absolute Gasteiger partial charge is 0.456 e. The first-order valence-electron chi connectivity index (χ1n) is 6.65. The molecule has 0 N–H and O–H groups in total. The Kier molecular flexibility index (Phi) is 4.51. The first kappa shape index (κ1) is 14.8. The van der Waals surface area contributed by atoms with Gasteiger partial charge in [-0.05, 0) is 18.2 Å². The van der Waals surface area contributed by atoms with Crippen molar-refractivity contribution in [3.63, 3.8) is 0 Å². The number of aromatic nitrogens is 1. The minimum atomic E-state index is -0.406. The Morgan fingerprint density at radius 3 is 2.73 bits per heavy atom. The summed E-state index contributed by atoms with van der Waals surface area (Å²) in [5.74, 6) is -0.406. The van der Waals surface area contributed by atoms with Gasteiger partial charge in [-0.15, -0.1) is 11.3 Å². The van der Waals surface area contributed by atoms with Gasteiger partial charge in [0.05, 0.1) is 11.3 Å². The van der Waals surface area contributed by atoms with Crippen molar-refractivity contribution in [3.05, 3.63) is 76.3 Å². The zero-order valence-electron chi connectivity index (χ0n) is 11.5. The van der Waals surface area contributed by atoms with Crippen LogP contribution in [-0.4, -0.2) is 11.0 Å². The molecule has 0 fully saturated rings. The molecule has 3 nitrogen and oxygen atoms in total. The van der Waals surface area contributed by atoms with E-state index < -0.39 is 5.97 Å². The third kappa shape index (κ3) is 3.53. The average molecular weight is 330 g/mol. The highest BCUT2D eigenvalue weighted by atomic mass is 35.5. The summed E-state index contributed by atoms with van der Waals surface area (Å²) in [5, 5.41) is 3.32. The lowest BCUT2D eigenvalue weighted by Crippen LogP contribution is -2.05. The lowest BCUT2D eigenvalue weighted by molar-refractivity contribution is 0.0468. The van der Waals surface area contributed by atoms with Crippen LogP contribution in [0.2, 0.25) is 5.02 Å². The summed E-state index contributed by atoms with van der Waals surface area (Å²) in [7, 11) is 0. The number of halogens is 1. The fourth-order valence-electron chi connectivity index (χ4n) is 1.92. The van der Waals surface area contributed by atoms with Gasteiger partial charge >= 0.3 is 5.97 Å². The maximum Gasteiger partial charge on any atom is 0.338 e. The molecule has 0 aliphatic rings. The molecule has 22 heavy (non-hydrogen) atoms. The van der Waals surface area contributed by atoms with E-state index in [4.69, 9.17) is 16.3 Å². The van der Waals surface area contributed by atoms with Gasteiger partial charge in [0.1, 0.15) is 11.6 Å². The number of carbonyl (C=O) groups excluding carboxylic acids is 1. The number of carbonyl (C=O) groups is 1. The molecule has 0 saturated heterocycles. The number of hydrogen-bond donors (Lipinski definition) is 0. The van der Waals surface area contributed by atoms with E-state index in [2.05, 4.69) is 4.98 Å². The van der Waals surface area contributed by atoms with Crippen molar-refractivity contribution in [1.29, 1.82) is 0 Å². The average Bonchev–Trinajstić information content (AvgIpc) is 3.02. The zero-order chi connectivity index (χ0) is 15.4. The number of hydrogen-bond acceptors (Lipinski definition) is 4. The van der Waals surface area contributed by atoms with Crippen LogP contribution < -0.4 is 0 Å². The van der Waals surface area contributed by atoms with Gasteiger partial charge in [-0.25, -0.2) is 9.78 Å². The van der Waals surface area contributed by atoms with E-state index in [-0.39, 0.29) is 6.61 Å². The van der Waals surface area contributed by atoms with Crippen molar-refractivity contribution in [2.45, 2.75) is 6.61 Å². The van der Waals surface area contributed by atoms with Gasteiger partial charge in [0.2, 0.25) is 0 Å². The highest BCUT2D eigenvalue weighted by Gasteiger charge is 2.10. The molecule has 0 bridgehead atoms. The molecular weight excluding hydrogens is 318 g/mol. The van der Waals surface area contributed by atoms with Crippen LogP contribution in [0.15, 0.2) is 60.0 Å². The summed E-state index contributed by atoms with van der Waals surface area (Å²) in [6.07, 6.45) is 0. The summed E-state index contributed by atoms with van der Waals surface area (Å²) >= 11 is 7.39. The van der Waals surface area contributed by atoms with E-state index in [1.807, 2.05) is 35.7 Å². The highest BCUT2D eigenvalue weighted by molar-refractivity contribution is 7.13. The number of ether oxygens (including phenoxy) is 1. The fraction of sp³-hybridized carbons (Fsp3) is 0.0588. The van der Waals surface area contributed by atoms with Crippen molar-refractivity contribution in [2.75, 3.05) is 0 Å². The van der Waals surface area contributed by atoms with Gasteiger partial charge in [0.15, 0.2) is 0 Å². The lowest BCUT2D eigenvalue weighted by atomic mass is 10.2. The molecule has 1 aromatic heterocycles. The van der Waals surface area contributed by atoms with Gasteiger partial charge in [0, 0.05) is 16.0 Å². The minimum Gasteiger partial charge on any atom is -0.456 e. The summed E-state index contributed by atoms with van der Waals surface area (Å²) < 4.78 is 5.26.